The van der Waals surface area contributed by atoms with Crippen LogP contribution in [0.4, 0.5) is 0 Å². The molecule has 0 aliphatic heterocycles. The van der Waals surface area contributed by atoms with E-state index < -0.39 is 0 Å². The third-order valence-corrected chi connectivity index (χ3v) is 2.69. The average Bonchev–Trinajstić information content (AvgIpc) is 2.65. The monoisotopic (exact) mass is 240 g/mol. The first-order valence-corrected chi connectivity index (χ1v) is 6.04. The highest BCUT2D eigenvalue weighted by Gasteiger charge is 2.20. The van der Waals surface area contributed by atoms with Crippen LogP contribution in [-0.2, 0) is 7.05 Å². The SMILES string of the molecule is CCCNC(CN(C)C)c1c(OC)cnn1C. The molecule has 0 fully saturated rings. The molecule has 0 aliphatic rings. The highest BCUT2D eigenvalue weighted by molar-refractivity contribution is 5.28. The van der Waals surface area contributed by atoms with E-state index in [0.29, 0.717) is 0 Å². The molecule has 1 unspecified atom stereocenters. The third kappa shape index (κ3) is 3.71. The minimum absolute atomic E-state index is 0.243. The Labute approximate surface area is 104 Å². The summed E-state index contributed by atoms with van der Waals surface area (Å²) in [5, 5.41) is 7.79. The summed E-state index contributed by atoms with van der Waals surface area (Å²) in [4.78, 5) is 2.17. The van der Waals surface area contributed by atoms with Gasteiger partial charge in [-0.05, 0) is 27.1 Å². The molecule has 1 atom stereocenters. The van der Waals surface area contributed by atoms with Crippen molar-refractivity contribution in [3.8, 4) is 5.75 Å². The molecule has 0 bridgehead atoms. The maximum Gasteiger partial charge on any atom is 0.161 e. The van der Waals surface area contributed by atoms with Crippen molar-refractivity contribution in [1.82, 2.24) is 20.0 Å². The molecule has 0 saturated heterocycles. The van der Waals surface area contributed by atoms with Crippen LogP contribution in [0.1, 0.15) is 25.1 Å². The fourth-order valence-corrected chi connectivity index (χ4v) is 1.91. The Hall–Kier alpha value is -1.07. The number of nitrogens with one attached hydrogen (secondary N) is 1. The van der Waals surface area contributed by atoms with Gasteiger partial charge in [0.2, 0.25) is 0 Å². The lowest BCUT2D eigenvalue weighted by Crippen LogP contribution is -2.33. The van der Waals surface area contributed by atoms with E-state index in [1.165, 1.54) is 0 Å². The highest BCUT2D eigenvalue weighted by atomic mass is 16.5. The molecule has 0 aromatic carbocycles. The lowest BCUT2D eigenvalue weighted by atomic mass is 10.1. The third-order valence-electron chi connectivity index (χ3n) is 2.69. The number of ether oxygens (including phenoxy) is 1. The quantitative estimate of drug-likeness (QED) is 0.773. The number of rotatable bonds is 7. The molecule has 17 heavy (non-hydrogen) atoms. The molecule has 1 aromatic rings. The van der Waals surface area contributed by atoms with Gasteiger partial charge in [0.15, 0.2) is 5.75 Å². The number of hydrogen-bond acceptors (Lipinski definition) is 4. The molecule has 0 amide bonds. The topological polar surface area (TPSA) is 42.3 Å². The maximum atomic E-state index is 5.37. The van der Waals surface area contributed by atoms with Crippen LogP contribution >= 0.6 is 0 Å². The molecule has 0 radical (unpaired) electrons. The second-order valence-corrected chi connectivity index (χ2v) is 4.49. The zero-order valence-electron chi connectivity index (χ0n) is 11.5. The van der Waals surface area contributed by atoms with E-state index in [9.17, 15) is 0 Å². The predicted octanol–water partition coefficient (Wildman–Crippen LogP) is 1.03. The van der Waals surface area contributed by atoms with Crippen LogP contribution in [-0.4, -0.2) is 49.0 Å². The molecule has 0 spiro atoms. The van der Waals surface area contributed by atoms with Gasteiger partial charge in [0.1, 0.15) is 0 Å². The predicted molar refractivity (Wildman–Crippen MR) is 69.3 cm³/mol. The maximum absolute atomic E-state index is 5.37. The number of hydrogen-bond donors (Lipinski definition) is 1. The van der Waals surface area contributed by atoms with Crippen LogP contribution in [0.5, 0.6) is 5.75 Å². The van der Waals surface area contributed by atoms with Gasteiger partial charge in [0.25, 0.3) is 0 Å². The van der Waals surface area contributed by atoms with Crippen LogP contribution in [0.15, 0.2) is 6.20 Å². The van der Waals surface area contributed by atoms with E-state index in [1.807, 2.05) is 11.7 Å². The minimum atomic E-state index is 0.243. The van der Waals surface area contributed by atoms with Crippen molar-refractivity contribution in [2.24, 2.45) is 7.05 Å². The largest absolute Gasteiger partial charge is 0.493 e. The van der Waals surface area contributed by atoms with E-state index in [0.717, 1.165) is 31.0 Å². The van der Waals surface area contributed by atoms with E-state index >= 15 is 0 Å². The first kappa shape index (κ1) is 14.0. The summed E-state index contributed by atoms with van der Waals surface area (Å²) in [6.07, 6.45) is 2.88. The number of aryl methyl sites for hydroxylation is 1. The van der Waals surface area contributed by atoms with Gasteiger partial charge in [-0.15, -0.1) is 0 Å². The lowest BCUT2D eigenvalue weighted by Gasteiger charge is -2.23. The van der Waals surface area contributed by atoms with Gasteiger partial charge in [-0.3, -0.25) is 4.68 Å². The highest BCUT2D eigenvalue weighted by Crippen LogP contribution is 2.24. The normalized spacial score (nSPS) is 13.1. The van der Waals surface area contributed by atoms with Gasteiger partial charge in [0.05, 0.1) is 25.0 Å². The summed E-state index contributed by atoms with van der Waals surface area (Å²) in [6, 6.07) is 0.243. The minimum Gasteiger partial charge on any atom is -0.493 e. The molecular formula is C12H24N4O. The Kier molecular flexibility index (Phi) is 5.44. The van der Waals surface area contributed by atoms with Crippen molar-refractivity contribution >= 4 is 0 Å². The standard InChI is InChI=1S/C12H24N4O/c1-6-7-13-10(9-15(2)3)12-11(17-5)8-14-16(12)4/h8,10,13H,6-7,9H2,1-5H3. The molecular weight excluding hydrogens is 216 g/mol. The average molecular weight is 240 g/mol. The van der Waals surface area contributed by atoms with Gasteiger partial charge in [-0.25, -0.2) is 0 Å². The Morgan fingerprint density at radius 3 is 2.76 bits per heavy atom. The summed E-state index contributed by atoms with van der Waals surface area (Å²) in [5.74, 6) is 0.850. The second-order valence-electron chi connectivity index (χ2n) is 4.49. The molecule has 5 heteroatoms. The first-order valence-electron chi connectivity index (χ1n) is 6.04. The zero-order valence-corrected chi connectivity index (χ0v) is 11.5. The Bertz CT molecular complexity index is 335. The van der Waals surface area contributed by atoms with Crippen LogP contribution in [0, 0.1) is 0 Å². The summed E-state index contributed by atoms with van der Waals surface area (Å²) in [7, 11) is 7.79. The molecule has 5 nitrogen and oxygen atoms in total. The van der Waals surface area contributed by atoms with Crippen LogP contribution in [0.2, 0.25) is 0 Å². The van der Waals surface area contributed by atoms with Gasteiger partial charge >= 0.3 is 0 Å². The molecule has 1 rings (SSSR count). The van der Waals surface area contributed by atoms with Gasteiger partial charge < -0.3 is 15.0 Å². The Morgan fingerprint density at radius 1 is 1.53 bits per heavy atom. The summed E-state index contributed by atoms with van der Waals surface area (Å²) < 4.78 is 7.25. The van der Waals surface area contributed by atoms with E-state index in [1.54, 1.807) is 13.3 Å². The number of likely N-dealkylation sites (N-methyl/N-ethyl adjacent to an activating group) is 1. The molecule has 0 saturated carbocycles. The first-order chi connectivity index (χ1) is 8.10. The van der Waals surface area contributed by atoms with E-state index in [4.69, 9.17) is 4.74 Å². The molecule has 1 N–H and O–H groups in total. The van der Waals surface area contributed by atoms with Gasteiger partial charge in [0, 0.05) is 13.6 Å². The van der Waals surface area contributed by atoms with E-state index in [2.05, 4.69) is 36.3 Å². The van der Waals surface area contributed by atoms with Crippen LogP contribution < -0.4 is 10.1 Å². The van der Waals surface area contributed by atoms with Gasteiger partial charge in [-0.1, -0.05) is 6.92 Å². The van der Waals surface area contributed by atoms with Gasteiger partial charge in [-0.2, -0.15) is 5.10 Å². The zero-order chi connectivity index (χ0) is 12.8. The summed E-state index contributed by atoms with van der Waals surface area (Å²) >= 11 is 0. The van der Waals surface area contributed by atoms with E-state index in [-0.39, 0.29) is 6.04 Å². The number of methoxy groups -OCH3 is 1. The fourth-order valence-electron chi connectivity index (χ4n) is 1.91. The lowest BCUT2D eigenvalue weighted by molar-refractivity contribution is 0.322. The number of aromatic nitrogens is 2. The molecule has 1 aromatic heterocycles. The van der Waals surface area contributed by atoms with Crippen molar-refractivity contribution < 1.29 is 4.74 Å². The Balaban J connectivity index is 2.89. The summed E-state index contributed by atoms with van der Waals surface area (Å²) in [5.41, 5.74) is 1.11. The van der Waals surface area contributed by atoms with Crippen molar-refractivity contribution in [2.45, 2.75) is 19.4 Å². The van der Waals surface area contributed by atoms with Crippen molar-refractivity contribution in [3.05, 3.63) is 11.9 Å². The smallest absolute Gasteiger partial charge is 0.161 e. The van der Waals surface area contributed by atoms with Crippen LogP contribution in [0.3, 0.4) is 0 Å². The Morgan fingerprint density at radius 2 is 2.24 bits per heavy atom. The van der Waals surface area contributed by atoms with Crippen molar-refractivity contribution in [3.63, 3.8) is 0 Å². The molecule has 98 valence electrons. The number of nitrogens with zero attached hydrogens (tertiary/aromatic N) is 3. The second kappa shape index (κ2) is 6.61. The molecule has 0 aliphatic carbocycles. The molecule has 1 heterocycles. The summed E-state index contributed by atoms with van der Waals surface area (Å²) in [6.45, 7) is 4.09. The van der Waals surface area contributed by atoms with Crippen molar-refractivity contribution in [1.29, 1.82) is 0 Å². The van der Waals surface area contributed by atoms with Crippen molar-refractivity contribution in [2.75, 3.05) is 34.3 Å². The van der Waals surface area contributed by atoms with Crippen LogP contribution in [0.25, 0.3) is 0 Å². The fraction of sp³-hybridized carbons (Fsp3) is 0.750.